The Morgan fingerprint density at radius 3 is 2.53 bits per heavy atom. The highest BCUT2D eigenvalue weighted by atomic mass is 16.5. The number of rotatable bonds is 6. The van der Waals surface area contributed by atoms with Crippen LogP contribution >= 0.6 is 0 Å². The third kappa shape index (κ3) is 3.57. The molecule has 30 heavy (non-hydrogen) atoms. The third-order valence-electron chi connectivity index (χ3n) is 5.81. The van der Waals surface area contributed by atoms with E-state index in [0.29, 0.717) is 52.3 Å². The molecule has 0 spiro atoms. The molecule has 2 fully saturated rings. The first-order valence-corrected chi connectivity index (χ1v) is 10.0. The number of anilines is 2. The molecule has 1 saturated heterocycles. The van der Waals surface area contributed by atoms with Gasteiger partial charge in [0, 0.05) is 30.0 Å². The SMILES string of the molecule is N=C(c1ccc(Oc2ccncc2)cc1)c1c(N)ncnc1NC1CC2CNC1C2. The number of hydrogen-bond donors (Lipinski definition) is 4. The number of fused-ring (bicyclic) bond motifs is 2. The molecule has 2 aliphatic rings. The van der Waals surface area contributed by atoms with E-state index in [-0.39, 0.29) is 5.71 Å². The number of piperidine rings is 1. The van der Waals surface area contributed by atoms with Crippen LogP contribution in [0, 0.1) is 11.3 Å². The minimum absolute atomic E-state index is 0.280. The zero-order valence-corrected chi connectivity index (χ0v) is 16.4. The molecule has 2 aromatic heterocycles. The van der Waals surface area contributed by atoms with Crippen molar-refractivity contribution in [3.05, 3.63) is 66.2 Å². The summed E-state index contributed by atoms with van der Waals surface area (Å²) in [4.78, 5) is 12.5. The molecule has 0 amide bonds. The minimum Gasteiger partial charge on any atom is -0.457 e. The number of benzene rings is 1. The van der Waals surface area contributed by atoms with E-state index in [1.54, 1.807) is 24.5 Å². The average molecular weight is 401 g/mol. The predicted molar refractivity (Wildman–Crippen MR) is 115 cm³/mol. The topological polar surface area (TPSA) is 122 Å². The van der Waals surface area contributed by atoms with Gasteiger partial charge in [-0.3, -0.25) is 10.4 Å². The molecule has 2 bridgehead atoms. The first kappa shape index (κ1) is 18.5. The molecular formula is C22H23N7O. The highest BCUT2D eigenvalue weighted by Gasteiger charge is 2.39. The Balaban J connectivity index is 1.36. The molecule has 1 aliphatic carbocycles. The van der Waals surface area contributed by atoms with Crippen LogP contribution in [0.25, 0.3) is 0 Å². The third-order valence-corrected chi connectivity index (χ3v) is 5.81. The van der Waals surface area contributed by atoms with Crippen molar-refractivity contribution in [3.63, 3.8) is 0 Å². The van der Waals surface area contributed by atoms with Crippen LogP contribution in [0.2, 0.25) is 0 Å². The molecule has 1 saturated carbocycles. The van der Waals surface area contributed by atoms with E-state index < -0.39 is 0 Å². The smallest absolute Gasteiger partial charge is 0.141 e. The number of nitrogens with one attached hydrogen (secondary N) is 3. The van der Waals surface area contributed by atoms with Gasteiger partial charge >= 0.3 is 0 Å². The van der Waals surface area contributed by atoms with Crippen LogP contribution in [0.3, 0.4) is 0 Å². The highest BCUT2D eigenvalue weighted by molar-refractivity contribution is 6.16. The van der Waals surface area contributed by atoms with Crippen LogP contribution in [0.1, 0.15) is 24.0 Å². The molecule has 152 valence electrons. The zero-order chi connectivity index (χ0) is 20.5. The van der Waals surface area contributed by atoms with Gasteiger partial charge in [0.15, 0.2) is 0 Å². The molecule has 3 unspecified atom stereocenters. The maximum absolute atomic E-state index is 8.76. The molecule has 5 rings (SSSR count). The fraction of sp³-hybridized carbons (Fsp3) is 0.273. The summed E-state index contributed by atoms with van der Waals surface area (Å²) < 4.78 is 5.80. The van der Waals surface area contributed by atoms with Gasteiger partial charge < -0.3 is 21.1 Å². The van der Waals surface area contributed by atoms with Crippen LogP contribution in [-0.2, 0) is 0 Å². The molecule has 3 heterocycles. The Morgan fingerprint density at radius 1 is 1.07 bits per heavy atom. The summed E-state index contributed by atoms with van der Waals surface area (Å²) in [6, 6.07) is 11.7. The lowest BCUT2D eigenvalue weighted by molar-refractivity contribution is 0.465. The lowest BCUT2D eigenvalue weighted by Gasteiger charge is -2.25. The number of nitrogens with zero attached hydrogens (tertiary/aromatic N) is 3. The molecule has 1 aromatic carbocycles. The van der Waals surface area contributed by atoms with Gasteiger partial charge in [0.1, 0.15) is 29.5 Å². The number of nitrogens with two attached hydrogens (primary N) is 1. The standard InChI is InChI=1S/C22H23N7O/c23-20(14-1-3-15(4-2-14)30-16-5-7-25-8-6-16)19-21(24)27-12-28-22(19)29-18-10-13-9-17(18)26-11-13/h1-8,12-13,17-18,23,26H,9-11H2,(H3,24,27,28,29). The lowest BCUT2D eigenvalue weighted by atomic mass is 10.0. The summed E-state index contributed by atoms with van der Waals surface area (Å²) in [6.07, 6.45) is 7.09. The average Bonchev–Trinajstić information content (AvgIpc) is 3.38. The quantitative estimate of drug-likeness (QED) is 0.469. The van der Waals surface area contributed by atoms with E-state index in [2.05, 4.69) is 25.6 Å². The van der Waals surface area contributed by atoms with Crippen LogP contribution in [0.15, 0.2) is 55.1 Å². The summed E-state index contributed by atoms with van der Waals surface area (Å²) in [6.45, 7) is 1.09. The lowest BCUT2D eigenvalue weighted by Crippen LogP contribution is -2.41. The van der Waals surface area contributed by atoms with Crippen molar-refractivity contribution < 1.29 is 4.74 Å². The fourth-order valence-corrected chi connectivity index (χ4v) is 4.32. The van der Waals surface area contributed by atoms with Crippen molar-refractivity contribution in [2.75, 3.05) is 17.6 Å². The molecule has 0 radical (unpaired) electrons. The van der Waals surface area contributed by atoms with Crippen molar-refractivity contribution in [3.8, 4) is 11.5 Å². The van der Waals surface area contributed by atoms with E-state index in [0.717, 1.165) is 13.0 Å². The summed E-state index contributed by atoms with van der Waals surface area (Å²) >= 11 is 0. The van der Waals surface area contributed by atoms with Gasteiger partial charge in [-0.25, -0.2) is 9.97 Å². The first-order valence-electron chi connectivity index (χ1n) is 10.0. The second kappa shape index (κ2) is 7.72. The van der Waals surface area contributed by atoms with Gasteiger partial charge in [0.2, 0.25) is 0 Å². The maximum Gasteiger partial charge on any atom is 0.141 e. The van der Waals surface area contributed by atoms with Crippen molar-refractivity contribution in [1.29, 1.82) is 5.41 Å². The number of ether oxygens (including phenoxy) is 1. The Bertz CT molecular complexity index is 1050. The van der Waals surface area contributed by atoms with Gasteiger partial charge in [-0.1, -0.05) is 0 Å². The normalized spacial score (nSPS) is 22.1. The second-order valence-electron chi connectivity index (χ2n) is 7.77. The highest BCUT2D eigenvalue weighted by Crippen LogP contribution is 2.34. The molecule has 3 aromatic rings. The fourth-order valence-electron chi connectivity index (χ4n) is 4.32. The minimum atomic E-state index is 0.280. The van der Waals surface area contributed by atoms with Crippen LogP contribution < -0.4 is 21.1 Å². The second-order valence-corrected chi connectivity index (χ2v) is 7.77. The van der Waals surface area contributed by atoms with E-state index in [4.69, 9.17) is 15.9 Å². The van der Waals surface area contributed by atoms with E-state index >= 15 is 0 Å². The summed E-state index contributed by atoms with van der Waals surface area (Å²) in [7, 11) is 0. The predicted octanol–water partition coefficient (Wildman–Crippen LogP) is 2.82. The van der Waals surface area contributed by atoms with Crippen molar-refractivity contribution in [2.45, 2.75) is 24.9 Å². The summed E-state index contributed by atoms with van der Waals surface area (Å²) in [5.74, 6) is 3.01. The van der Waals surface area contributed by atoms with Gasteiger partial charge in [0.25, 0.3) is 0 Å². The molecule has 1 aliphatic heterocycles. The van der Waals surface area contributed by atoms with Gasteiger partial charge in [-0.15, -0.1) is 0 Å². The van der Waals surface area contributed by atoms with Crippen molar-refractivity contribution in [2.24, 2.45) is 5.92 Å². The van der Waals surface area contributed by atoms with Gasteiger partial charge in [-0.05, 0) is 61.7 Å². The van der Waals surface area contributed by atoms with E-state index in [1.807, 2.05) is 24.3 Å². The molecular weight excluding hydrogens is 378 g/mol. The number of nitrogen functional groups attached to an aromatic ring is 1. The number of aromatic nitrogens is 3. The molecule has 3 atom stereocenters. The van der Waals surface area contributed by atoms with E-state index in [1.165, 1.54) is 12.7 Å². The van der Waals surface area contributed by atoms with Crippen LogP contribution in [-0.4, -0.2) is 39.3 Å². The first-order chi connectivity index (χ1) is 14.7. The number of pyridine rings is 1. The number of hydrogen-bond acceptors (Lipinski definition) is 8. The largest absolute Gasteiger partial charge is 0.457 e. The van der Waals surface area contributed by atoms with E-state index in [9.17, 15) is 0 Å². The summed E-state index contributed by atoms with van der Waals surface area (Å²) in [5.41, 5.74) is 7.69. The Hall–Kier alpha value is -3.52. The van der Waals surface area contributed by atoms with Crippen LogP contribution in [0.4, 0.5) is 11.6 Å². The molecule has 5 N–H and O–H groups in total. The van der Waals surface area contributed by atoms with Crippen molar-refractivity contribution in [1.82, 2.24) is 20.3 Å². The Morgan fingerprint density at radius 2 is 1.83 bits per heavy atom. The maximum atomic E-state index is 8.76. The zero-order valence-electron chi connectivity index (χ0n) is 16.4. The van der Waals surface area contributed by atoms with Gasteiger partial charge in [-0.2, -0.15) is 0 Å². The molecule has 8 heteroatoms. The summed E-state index contributed by atoms with van der Waals surface area (Å²) in [5, 5.41) is 15.8. The molecule has 8 nitrogen and oxygen atoms in total. The van der Waals surface area contributed by atoms with Gasteiger partial charge in [0.05, 0.1) is 11.3 Å². The Labute approximate surface area is 174 Å². The Kier molecular flexibility index (Phi) is 4.76. The van der Waals surface area contributed by atoms with Crippen molar-refractivity contribution >= 4 is 17.3 Å². The van der Waals surface area contributed by atoms with Crippen LogP contribution in [0.5, 0.6) is 11.5 Å². The monoisotopic (exact) mass is 401 g/mol.